The van der Waals surface area contributed by atoms with E-state index in [1.807, 2.05) is 43.4 Å². The number of nitrogens with zero attached hydrogens (tertiary/aromatic N) is 4. The Bertz CT molecular complexity index is 2060. The van der Waals surface area contributed by atoms with Gasteiger partial charge in [0.25, 0.3) is 11.8 Å². The van der Waals surface area contributed by atoms with Gasteiger partial charge in [-0.15, -0.1) is 8.96 Å². The number of likely N-dealkylation sites (N-methyl/N-ethyl adjacent to an activating group) is 2. The molecule has 0 spiro atoms. The molecule has 8 nitrogen and oxygen atoms in total. The van der Waals surface area contributed by atoms with Gasteiger partial charge in [0.05, 0.1) is 17.6 Å². The molecular formula is C43H47F4N6O2+. The summed E-state index contributed by atoms with van der Waals surface area (Å²) in [5, 5.41) is 6.23. The molecule has 288 valence electrons. The molecule has 2 aliphatic carbocycles. The van der Waals surface area contributed by atoms with Gasteiger partial charge in [0.15, 0.2) is 6.20 Å². The van der Waals surface area contributed by atoms with Crippen LogP contribution in [0.25, 0.3) is 5.69 Å². The molecule has 2 atom stereocenters. The zero-order valence-corrected chi connectivity index (χ0v) is 31.2. The minimum absolute atomic E-state index is 0.110. The van der Waals surface area contributed by atoms with Crippen LogP contribution in [0.4, 0.5) is 17.6 Å². The smallest absolute Gasteiger partial charge is 0.343 e. The SMILES string of the molecule is CN1CC2CCC1(C(NC(=O)c1ccc[n+](-c3cccc(C(NC(=O)c4ncccc4C(F)(F)F)C45CCC(CC4)CN5C)c3)c1F)c1ccccc1)CC2. The fourth-order valence-electron chi connectivity index (χ4n) is 10.3. The largest absolute Gasteiger partial charge is 0.418 e. The van der Waals surface area contributed by atoms with Gasteiger partial charge < -0.3 is 10.6 Å². The summed E-state index contributed by atoms with van der Waals surface area (Å²) < 4.78 is 60.1. The number of alkyl halides is 3. The Morgan fingerprint density at radius 2 is 1.35 bits per heavy atom. The highest BCUT2D eigenvalue weighted by Gasteiger charge is 2.52. The second kappa shape index (κ2) is 14.4. The predicted molar refractivity (Wildman–Crippen MR) is 199 cm³/mol. The molecule has 4 aliphatic heterocycles. The minimum atomic E-state index is -4.77. The van der Waals surface area contributed by atoms with E-state index in [2.05, 4.69) is 32.5 Å². The lowest BCUT2D eigenvalue weighted by atomic mass is 9.65. The van der Waals surface area contributed by atoms with Gasteiger partial charge in [0.1, 0.15) is 11.3 Å². The molecule has 2 N–H and O–H groups in total. The number of amides is 2. The first-order valence-electron chi connectivity index (χ1n) is 19.3. The molecule has 4 saturated heterocycles. The number of nitrogens with one attached hydrogen (secondary N) is 2. The zero-order valence-electron chi connectivity index (χ0n) is 31.2. The Kier molecular flexibility index (Phi) is 9.78. The van der Waals surface area contributed by atoms with Crippen LogP contribution in [0.15, 0.2) is 91.3 Å². The van der Waals surface area contributed by atoms with Crippen LogP contribution in [0.3, 0.4) is 0 Å². The van der Waals surface area contributed by atoms with E-state index >= 15 is 4.39 Å². The van der Waals surface area contributed by atoms with Crippen LogP contribution in [0.2, 0.25) is 0 Å². The van der Waals surface area contributed by atoms with Crippen LogP contribution in [0.1, 0.15) is 101 Å². The monoisotopic (exact) mass is 755 g/mol. The topological polar surface area (TPSA) is 81.5 Å². The second-order valence-electron chi connectivity index (χ2n) is 16.2. The number of hydrogen-bond donors (Lipinski definition) is 2. The normalized spacial score (nSPS) is 26.4. The molecule has 6 aliphatic rings. The molecule has 12 heteroatoms. The van der Waals surface area contributed by atoms with E-state index < -0.39 is 46.8 Å². The summed E-state index contributed by atoms with van der Waals surface area (Å²) in [7, 11) is 4.11. The number of aromatic nitrogens is 2. The standard InChI is InChI=1S/C43H46F4N6O2/c1-51-26-28-15-19-41(51,20-16-28)36(30-9-4-3-5-10-30)49-39(54)33-13-8-24-53(38(33)44)32-12-6-11-31(25-32)37(42-21-17-29(18-22-42)27-52(42)2)50-40(55)35-34(43(45,46)47)14-7-23-48-35/h3-14,23-25,28-29,36-37H,15-22,26-27H2,1-2H3,(H-,49,50,54,55)/p+1. The molecule has 2 amide bonds. The van der Waals surface area contributed by atoms with Gasteiger partial charge in [-0.2, -0.15) is 13.2 Å². The summed E-state index contributed by atoms with van der Waals surface area (Å²) in [6, 6.07) is 21.0. The minimum Gasteiger partial charge on any atom is -0.343 e. The zero-order chi connectivity index (χ0) is 38.5. The van der Waals surface area contributed by atoms with Crippen molar-refractivity contribution >= 4 is 11.8 Å². The number of fused-ring (bicyclic) bond motifs is 6. The highest BCUT2D eigenvalue weighted by Crippen LogP contribution is 2.50. The third-order valence-electron chi connectivity index (χ3n) is 13.3. The Hall–Kier alpha value is -4.68. The van der Waals surface area contributed by atoms with Crippen molar-refractivity contribution in [1.82, 2.24) is 25.4 Å². The van der Waals surface area contributed by atoms with Gasteiger partial charge in [-0.1, -0.05) is 42.5 Å². The molecule has 4 bridgehead atoms. The molecule has 4 aromatic rings. The van der Waals surface area contributed by atoms with E-state index in [0.29, 0.717) is 23.1 Å². The maximum absolute atomic E-state index is 16.7. The summed E-state index contributed by atoms with van der Waals surface area (Å²) >= 11 is 0. The fourth-order valence-corrected chi connectivity index (χ4v) is 10.3. The van der Waals surface area contributed by atoms with E-state index in [4.69, 9.17) is 0 Å². The molecule has 2 aromatic heterocycles. The fraction of sp³-hybridized carbons (Fsp3) is 0.442. The van der Waals surface area contributed by atoms with Gasteiger partial charge >= 0.3 is 12.1 Å². The quantitative estimate of drug-likeness (QED) is 0.107. The van der Waals surface area contributed by atoms with Crippen molar-refractivity contribution in [3.63, 3.8) is 0 Å². The number of hydrogen-bond acceptors (Lipinski definition) is 5. The lowest BCUT2D eigenvalue weighted by molar-refractivity contribution is -0.628. The van der Waals surface area contributed by atoms with E-state index in [1.165, 1.54) is 16.8 Å². The van der Waals surface area contributed by atoms with Crippen LogP contribution in [0, 0.1) is 17.8 Å². The van der Waals surface area contributed by atoms with Gasteiger partial charge in [-0.3, -0.25) is 24.4 Å². The summed E-state index contributed by atoms with van der Waals surface area (Å²) in [5.74, 6) is -1.04. The van der Waals surface area contributed by atoms with Gasteiger partial charge in [0.2, 0.25) is 5.69 Å². The van der Waals surface area contributed by atoms with Gasteiger partial charge in [-0.25, -0.2) is 0 Å². The van der Waals surface area contributed by atoms with E-state index in [1.54, 1.807) is 30.5 Å². The Labute approximate surface area is 318 Å². The Balaban J connectivity index is 1.14. The molecule has 6 heterocycles. The van der Waals surface area contributed by atoms with Crippen molar-refractivity contribution < 1.29 is 31.7 Å². The molecule has 10 rings (SSSR count). The number of rotatable bonds is 9. The van der Waals surface area contributed by atoms with Crippen LogP contribution in [-0.4, -0.2) is 64.9 Å². The molecular weight excluding hydrogens is 709 g/mol. The van der Waals surface area contributed by atoms with Crippen molar-refractivity contribution in [2.75, 3.05) is 27.2 Å². The first kappa shape index (κ1) is 37.3. The van der Waals surface area contributed by atoms with Gasteiger partial charge in [-0.05, 0) is 107 Å². The first-order valence-corrected chi connectivity index (χ1v) is 19.3. The average molecular weight is 756 g/mol. The van der Waals surface area contributed by atoms with Crippen molar-refractivity contribution in [2.24, 2.45) is 11.8 Å². The summed E-state index contributed by atoms with van der Waals surface area (Å²) in [4.78, 5) is 36.4. The average Bonchev–Trinajstić information content (AvgIpc) is 3.20. The predicted octanol–water partition coefficient (Wildman–Crippen LogP) is 7.21. The molecule has 2 unspecified atom stereocenters. The molecule has 0 radical (unpaired) electrons. The molecule has 6 fully saturated rings. The molecule has 55 heavy (non-hydrogen) atoms. The highest BCUT2D eigenvalue weighted by molar-refractivity contribution is 5.95. The van der Waals surface area contributed by atoms with Crippen molar-refractivity contribution in [1.29, 1.82) is 0 Å². The third kappa shape index (κ3) is 6.71. The second-order valence-corrected chi connectivity index (χ2v) is 16.2. The number of pyridine rings is 2. The first-order chi connectivity index (χ1) is 26.4. The number of halogens is 4. The molecule has 2 saturated carbocycles. The van der Waals surface area contributed by atoms with Crippen LogP contribution < -0.4 is 15.2 Å². The summed E-state index contributed by atoms with van der Waals surface area (Å²) in [6.45, 7) is 1.76. The van der Waals surface area contributed by atoms with E-state index in [-0.39, 0.29) is 17.1 Å². The highest BCUT2D eigenvalue weighted by atomic mass is 19.4. The van der Waals surface area contributed by atoms with Gasteiger partial charge in [0, 0.05) is 48.6 Å². The molecule has 2 aromatic carbocycles. The van der Waals surface area contributed by atoms with Crippen LogP contribution >= 0.6 is 0 Å². The summed E-state index contributed by atoms with van der Waals surface area (Å²) in [6.07, 6.45) is 5.31. The number of carbonyl (C=O) groups excluding carboxylic acids is 2. The van der Waals surface area contributed by atoms with Crippen LogP contribution in [0.5, 0.6) is 0 Å². The van der Waals surface area contributed by atoms with Crippen molar-refractivity contribution in [3.05, 3.63) is 125 Å². The lowest BCUT2D eigenvalue weighted by Crippen LogP contribution is -2.62. The summed E-state index contributed by atoms with van der Waals surface area (Å²) in [5.41, 5.74) is -0.792. The Morgan fingerprint density at radius 3 is 1.95 bits per heavy atom. The maximum Gasteiger partial charge on any atom is 0.418 e. The number of benzene rings is 2. The van der Waals surface area contributed by atoms with Crippen LogP contribution in [-0.2, 0) is 6.18 Å². The van der Waals surface area contributed by atoms with Crippen molar-refractivity contribution in [3.8, 4) is 5.69 Å². The Morgan fingerprint density at radius 1 is 0.764 bits per heavy atom. The van der Waals surface area contributed by atoms with Crippen molar-refractivity contribution in [2.45, 2.75) is 80.7 Å². The lowest BCUT2D eigenvalue weighted by Gasteiger charge is -2.57. The van der Waals surface area contributed by atoms with E-state index in [0.717, 1.165) is 82.2 Å². The number of carbonyl (C=O) groups is 2. The number of piperidine rings is 4. The maximum atomic E-state index is 16.7. The van der Waals surface area contributed by atoms with E-state index in [9.17, 15) is 22.8 Å². The third-order valence-corrected chi connectivity index (χ3v) is 13.3.